The van der Waals surface area contributed by atoms with Gasteiger partial charge in [0.1, 0.15) is 5.75 Å². The van der Waals surface area contributed by atoms with Gasteiger partial charge < -0.3 is 15.8 Å². The predicted octanol–water partition coefficient (Wildman–Crippen LogP) is 1.23. The van der Waals surface area contributed by atoms with Gasteiger partial charge in [0, 0.05) is 19.1 Å². The summed E-state index contributed by atoms with van der Waals surface area (Å²) in [7, 11) is 1.71. The van der Waals surface area contributed by atoms with Crippen LogP contribution in [0.2, 0.25) is 0 Å². The first-order valence-corrected chi connectivity index (χ1v) is 5.45. The van der Waals surface area contributed by atoms with Crippen LogP contribution >= 0.6 is 0 Å². The van der Waals surface area contributed by atoms with Gasteiger partial charge in [0.25, 0.3) is 0 Å². The van der Waals surface area contributed by atoms with Gasteiger partial charge in [0.05, 0.1) is 7.11 Å². The Morgan fingerprint density at radius 1 is 1.53 bits per heavy atom. The summed E-state index contributed by atoms with van der Waals surface area (Å²) in [6.07, 6.45) is 2.32. The van der Waals surface area contributed by atoms with Crippen molar-refractivity contribution in [2.75, 3.05) is 20.2 Å². The molecule has 1 aromatic rings. The number of hydrogen-bond acceptors (Lipinski definition) is 3. The second kappa shape index (κ2) is 4.64. The average molecular weight is 206 g/mol. The molecule has 0 bridgehead atoms. The standard InChI is InChI=1S/C12H18N2O/c1-15-10-4-2-9-3-5-12(11(9)8-10)14-7-6-13/h2,4,8,12,14H,3,5-7,13H2,1H3. The molecule has 2 rings (SSSR count). The molecular formula is C12H18N2O. The molecular weight excluding hydrogens is 188 g/mol. The minimum Gasteiger partial charge on any atom is -0.497 e. The molecule has 0 saturated carbocycles. The first-order chi connectivity index (χ1) is 7.35. The third-order valence-corrected chi connectivity index (χ3v) is 2.97. The van der Waals surface area contributed by atoms with Crippen molar-refractivity contribution in [2.24, 2.45) is 5.73 Å². The summed E-state index contributed by atoms with van der Waals surface area (Å²) in [6, 6.07) is 6.79. The molecule has 0 amide bonds. The molecule has 0 aromatic heterocycles. The fourth-order valence-electron chi connectivity index (χ4n) is 2.18. The highest BCUT2D eigenvalue weighted by atomic mass is 16.5. The van der Waals surface area contributed by atoms with E-state index in [4.69, 9.17) is 10.5 Å². The predicted molar refractivity (Wildman–Crippen MR) is 61.1 cm³/mol. The smallest absolute Gasteiger partial charge is 0.119 e. The van der Waals surface area contributed by atoms with Crippen LogP contribution < -0.4 is 15.8 Å². The summed E-state index contributed by atoms with van der Waals surface area (Å²) in [5, 5.41) is 3.46. The molecule has 0 aliphatic heterocycles. The van der Waals surface area contributed by atoms with Crippen molar-refractivity contribution in [1.82, 2.24) is 5.32 Å². The van der Waals surface area contributed by atoms with E-state index in [1.807, 2.05) is 6.07 Å². The van der Waals surface area contributed by atoms with E-state index in [0.717, 1.165) is 18.7 Å². The lowest BCUT2D eigenvalue weighted by atomic mass is 10.1. The Balaban J connectivity index is 2.16. The molecule has 0 heterocycles. The molecule has 0 fully saturated rings. The summed E-state index contributed by atoms with van der Waals surface area (Å²) in [4.78, 5) is 0. The minimum atomic E-state index is 0.457. The number of methoxy groups -OCH3 is 1. The summed E-state index contributed by atoms with van der Waals surface area (Å²) in [5.41, 5.74) is 8.31. The quantitative estimate of drug-likeness (QED) is 0.779. The minimum absolute atomic E-state index is 0.457. The van der Waals surface area contributed by atoms with Gasteiger partial charge in [-0.05, 0) is 36.1 Å². The van der Waals surface area contributed by atoms with Crippen molar-refractivity contribution in [1.29, 1.82) is 0 Å². The number of hydrogen-bond donors (Lipinski definition) is 2. The highest BCUT2D eigenvalue weighted by molar-refractivity contribution is 5.40. The fraction of sp³-hybridized carbons (Fsp3) is 0.500. The van der Waals surface area contributed by atoms with Crippen molar-refractivity contribution >= 4 is 0 Å². The number of benzene rings is 1. The molecule has 1 aliphatic rings. The van der Waals surface area contributed by atoms with Gasteiger partial charge in [-0.1, -0.05) is 6.07 Å². The van der Waals surface area contributed by atoms with Gasteiger partial charge in [0.15, 0.2) is 0 Å². The first-order valence-electron chi connectivity index (χ1n) is 5.45. The van der Waals surface area contributed by atoms with E-state index in [2.05, 4.69) is 17.4 Å². The number of aryl methyl sites for hydroxylation is 1. The third kappa shape index (κ3) is 2.13. The van der Waals surface area contributed by atoms with E-state index < -0.39 is 0 Å². The molecule has 0 saturated heterocycles. The Kier molecular flexibility index (Phi) is 3.23. The lowest BCUT2D eigenvalue weighted by Gasteiger charge is -2.13. The van der Waals surface area contributed by atoms with Gasteiger partial charge in [-0.25, -0.2) is 0 Å². The topological polar surface area (TPSA) is 47.3 Å². The van der Waals surface area contributed by atoms with Crippen LogP contribution in [0.3, 0.4) is 0 Å². The Morgan fingerprint density at radius 3 is 3.13 bits per heavy atom. The van der Waals surface area contributed by atoms with E-state index in [-0.39, 0.29) is 0 Å². The summed E-state index contributed by atoms with van der Waals surface area (Å²) >= 11 is 0. The van der Waals surface area contributed by atoms with Crippen molar-refractivity contribution < 1.29 is 4.74 Å². The monoisotopic (exact) mass is 206 g/mol. The van der Waals surface area contributed by atoms with E-state index in [0.29, 0.717) is 12.6 Å². The van der Waals surface area contributed by atoms with Gasteiger partial charge in [-0.15, -0.1) is 0 Å². The molecule has 82 valence electrons. The lowest BCUT2D eigenvalue weighted by Crippen LogP contribution is -2.25. The highest BCUT2D eigenvalue weighted by Crippen LogP contribution is 2.33. The van der Waals surface area contributed by atoms with Gasteiger partial charge >= 0.3 is 0 Å². The average Bonchev–Trinajstić information content (AvgIpc) is 2.68. The maximum atomic E-state index is 5.50. The molecule has 3 nitrogen and oxygen atoms in total. The number of rotatable bonds is 4. The van der Waals surface area contributed by atoms with Crippen LogP contribution in [0.25, 0.3) is 0 Å². The van der Waals surface area contributed by atoms with Crippen LogP contribution in [0.5, 0.6) is 5.75 Å². The van der Waals surface area contributed by atoms with E-state index in [1.165, 1.54) is 17.5 Å². The van der Waals surface area contributed by atoms with Crippen molar-refractivity contribution in [2.45, 2.75) is 18.9 Å². The Bertz CT molecular complexity index is 338. The zero-order chi connectivity index (χ0) is 10.7. The normalized spacial score (nSPS) is 18.9. The molecule has 0 spiro atoms. The molecule has 15 heavy (non-hydrogen) atoms. The molecule has 3 N–H and O–H groups in total. The zero-order valence-corrected chi connectivity index (χ0v) is 9.12. The van der Waals surface area contributed by atoms with Crippen LogP contribution in [0.4, 0.5) is 0 Å². The molecule has 1 unspecified atom stereocenters. The van der Waals surface area contributed by atoms with Crippen LogP contribution in [-0.2, 0) is 6.42 Å². The summed E-state index contributed by atoms with van der Waals surface area (Å²) < 4.78 is 5.24. The number of fused-ring (bicyclic) bond motifs is 1. The fourth-order valence-corrected chi connectivity index (χ4v) is 2.18. The molecule has 1 aromatic carbocycles. The van der Waals surface area contributed by atoms with Crippen LogP contribution in [-0.4, -0.2) is 20.2 Å². The zero-order valence-electron chi connectivity index (χ0n) is 9.12. The Hall–Kier alpha value is -1.06. The van der Waals surface area contributed by atoms with Crippen molar-refractivity contribution in [3.05, 3.63) is 29.3 Å². The van der Waals surface area contributed by atoms with E-state index in [1.54, 1.807) is 7.11 Å². The number of nitrogens with one attached hydrogen (secondary N) is 1. The largest absolute Gasteiger partial charge is 0.497 e. The second-order valence-corrected chi connectivity index (χ2v) is 3.90. The maximum absolute atomic E-state index is 5.50. The van der Waals surface area contributed by atoms with Gasteiger partial charge in [-0.2, -0.15) is 0 Å². The Morgan fingerprint density at radius 2 is 2.40 bits per heavy atom. The molecule has 1 atom stereocenters. The van der Waals surface area contributed by atoms with Crippen molar-refractivity contribution in [3.63, 3.8) is 0 Å². The van der Waals surface area contributed by atoms with Crippen LogP contribution in [0.15, 0.2) is 18.2 Å². The van der Waals surface area contributed by atoms with E-state index in [9.17, 15) is 0 Å². The van der Waals surface area contributed by atoms with Crippen LogP contribution in [0.1, 0.15) is 23.6 Å². The summed E-state index contributed by atoms with van der Waals surface area (Å²) in [6.45, 7) is 1.57. The molecule has 1 aliphatic carbocycles. The van der Waals surface area contributed by atoms with Gasteiger partial charge in [0.2, 0.25) is 0 Å². The highest BCUT2D eigenvalue weighted by Gasteiger charge is 2.21. The molecule has 3 heteroatoms. The lowest BCUT2D eigenvalue weighted by molar-refractivity contribution is 0.413. The maximum Gasteiger partial charge on any atom is 0.119 e. The number of ether oxygens (including phenoxy) is 1. The second-order valence-electron chi connectivity index (χ2n) is 3.90. The van der Waals surface area contributed by atoms with Crippen molar-refractivity contribution in [3.8, 4) is 5.75 Å². The Labute approximate surface area is 90.6 Å². The van der Waals surface area contributed by atoms with Crippen LogP contribution in [0, 0.1) is 0 Å². The SMILES string of the molecule is COc1ccc2c(c1)C(NCCN)CC2. The molecule has 0 radical (unpaired) electrons. The van der Waals surface area contributed by atoms with E-state index >= 15 is 0 Å². The third-order valence-electron chi connectivity index (χ3n) is 2.97. The summed E-state index contributed by atoms with van der Waals surface area (Å²) in [5.74, 6) is 0.940. The van der Waals surface area contributed by atoms with Gasteiger partial charge in [-0.3, -0.25) is 0 Å². The first kappa shape index (κ1) is 10.5. The number of nitrogens with two attached hydrogens (primary N) is 1.